The molecule has 0 heterocycles. The van der Waals surface area contributed by atoms with Gasteiger partial charge < -0.3 is 18.9 Å². The summed E-state index contributed by atoms with van der Waals surface area (Å²) in [4.78, 5) is 0. The smallest absolute Gasteiger partial charge is 0.131 e. The van der Waals surface area contributed by atoms with Crippen molar-refractivity contribution in [3.8, 4) is 11.5 Å². The fraction of sp³-hybridized carbons (Fsp3) is 0.667. The number of rotatable bonds is 14. The zero-order valence-electron chi connectivity index (χ0n) is 13.9. The SMILES string of the molecule is CCCCOCCOc1[c]ccc(OCCOCCCC)c1. The normalized spacial score (nSPS) is 10.6. The molecule has 1 aromatic carbocycles. The second kappa shape index (κ2) is 13.4. The lowest BCUT2D eigenvalue weighted by Gasteiger charge is -2.10. The van der Waals surface area contributed by atoms with E-state index in [9.17, 15) is 0 Å². The molecule has 0 aliphatic rings. The van der Waals surface area contributed by atoms with Crippen molar-refractivity contribution in [1.82, 2.24) is 0 Å². The molecule has 0 aliphatic heterocycles. The quantitative estimate of drug-likeness (QED) is 0.489. The highest BCUT2D eigenvalue weighted by Crippen LogP contribution is 2.18. The van der Waals surface area contributed by atoms with E-state index in [0.717, 1.165) is 44.6 Å². The summed E-state index contributed by atoms with van der Waals surface area (Å²) in [6, 6.07) is 8.56. The third kappa shape index (κ3) is 9.64. The summed E-state index contributed by atoms with van der Waals surface area (Å²) in [7, 11) is 0. The summed E-state index contributed by atoms with van der Waals surface area (Å²) in [6.07, 6.45) is 4.49. The minimum Gasteiger partial charge on any atom is -0.491 e. The second-order valence-corrected chi connectivity index (χ2v) is 5.02. The summed E-state index contributed by atoms with van der Waals surface area (Å²) in [5.41, 5.74) is 0. The molecule has 0 fully saturated rings. The molecule has 0 aliphatic carbocycles. The highest BCUT2D eigenvalue weighted by atomic mass is 16.5. The van der Waals surface area contributed by atoms with Crippen molar-refractivity contribution >= 4 is 0 Å². The molecule has 4 nitrogen and oxygen atoms in total. The number of hydrogen-bond donors (Lipinski definition) is 0. The van der Waals surface area contributed by atoms with Crippen LogP contribution in [0.2, 0.25) is 0 Å². The standard InChI is InChI=1S/C18H29O4/c1-3-5-10-19-12-14-21-17-8-7-9-18(16-17)22-15-13-20-11-6-4-2/h7-8,16H,3-6,10-15H2,1-2H3. The van der Waals surface area contributed by atoms with Crippen molar-refractivity contribution in [2.75, 3.05) is 39.6 Å². The lowest BCUT2D eigenvalue weighted by Crippen LogP contribution is -2.09. The van der Waals surface area contributed by atoms with Crippen LogP contribution in [0.25, 0.3) is 0 Å². The van der Waals surface area contributed by atoms with Gasteiger partial charge in [-0.1, -0.05) is 26.7 Å². The molecule has 125 valence electrons. The Labute approximate surface area is 134 Å². The molecule has 0 saturated heterocycles. The van der Waals surface area contributed by atoms with Gasteiger partial charge in [0.25, 0.3) is 0 Å². The predicted octanol–water partition coefficient (Wildman–Crippen LogP) is 3.88. The molecule has 0 aromatic heterocycles. The van der Waals surface area contributed by atoms with Gasteiger partial charge in [0, 0.05) is 25.3 Å². The van der Waals surface area contributed by atoms with Crippen LogP contribution in [0.5, 0.6) is 11.5 Å². The Morgan fingerprint density at radius 2 is 1.45 bits per heavy atom. The van der Waals surface area contributed by atoms with Crippen molar-refractivity contribution in [2.45, 2.75) is 39.5 Å². The molecule has 0 spiro atoms. The molecule has 0 bridgehead atoms. The van der Waals surface area contributed by atoms with Gasteiger partial charge in [-0.2, -0.15) is 0 Å². The molecular weight excluding hydrogens is 280 g/mol. The summed E-state index contributed by atoms with van der Waals surface area (Å²) < 4.78 is 22.1. The molecule has 1 rings (SSSR count). The zero-order chi connectivity index (χ0) is 15.9. The van der Waals surface area contributed by atoms with Gasteiger partial charge in [0.2, 0.25) is 0 Å². The van der Waals surface area contributed by atoms with E-state index in [2.05, 4.69) is 19.9 Å². The van der Waals surface area contributed by atoms with E-state index in [1.807, 2.05) is 12.1 Å². The lowest BCUT2D eigenvalue weighted by atomic mass is 10.3. The first-order chi connectivity index (χ1) is 10.9. The molecule has 22 heavy (non-hydrogen) atoms. The van der Waals surface area contributed by atoms with Gasteiger partial charge in [-0.3, -0.25) is 0 Å². The molecule has 1 aromatic rings. The Balaban J connectivity index is 2.13. The van der Waals surface area contributed by atoms with Crippen LogP contribution in [-0.4, -0.2) is 39.6 Å². The first-order valence-electron chi connectivity index (χ1n) is 8.29. The van der Waals surface area contributed by atoms with E-state index in [0.29, 0.717) is 32.2 Å². The van der Waals surface area contributed by atoms with Crippen LogP contribution in [-0.2, 0) is 9.47 Å². The first-order valence-corrected chi connectivity index (χ1v) is 8.29. The molecular formula is C18H29O4. The Hall–Kier alpha value is -1.26. The van der Waals surface area contributed by atoms with E-state index >= 15 is 0 Å². The van der Waals surface area contributed by atoms with Crippen molar-refractivity contribution in [3.05, 3.63) is 24.3 Å². The van der Waals surface area contributed by atoms with Gasteiger partial charge in [-0.05, 0) is 25.0 Å². The predicted molar refractivity (Wildman–Crippen MR) is 87.7 cm³/mol. The molecule has 0 saturated carbocycles. The fourth-order valence-electron chi connectivity index (χ4n) is 1.72. The minimum atomic E-state index is 0.532. The van der Waals surface area contributed by atoms with Crippen molar-refractivity contribution in [3.63, 3.8) is 0 Å². The van der Waals surface area contributed by atoms with E-state index in [1.165, 1.54) is 0 Å². The highest BCUT2D eigenvalue weighted by molar-refractivity contribution is 5.31. The number of unbranched alkanes of at least 4 members (excludes halogenated alkanes) is 2. The topological polar surface area (TPSA) is 36.9 Å². The Morgan fingerprint density at radius 1 is 0.818 bits per heavy atom. The molecule has 1 radical (unpaired) electrons. The second-order valence-electron chi connectivity index (χ2n) is 5.02. The van der Waals surface area contributed by atoms with Gasteiger partial charge in [-0.15, -0.1) is 0 Å². The van der Waals surface area contributed by atoms with Crippen LogP contribution in [0, 0.1) is 6.07 Å². The van der Waals surface area contributed by atoms with Gasteiger partial charge in [0.1, 0.15) is 24.7 Å². The van der Waals surface area contributed by atoms with Crippen LogP contribution in [0.4, 0.5) is 0 Å². The average molecular weight is 309 g/mol. The summed E-state index contributed by atoms with van der Waals surface area (Å²) >= 11 is 0. The Morgan fingerprint density at radius 3 is 2.09 bits per heavy atom. The summed E-state index contributed by atoms with van der Waals surface area (Å²) in [6.45, 7) is 8.19. The third-order valence-electron chi connectivity index (χ3n) is 3.01. The van der Waals surface area contributed by atoms with E-state index in [-0.39, 0.29) is 0 Å². The van der Waals surface area contributed by atoms with Crippen LogP contribution < -0.4 is 9.47 Å². The van der Waals surface area contributed by atoms with Gasteiger partial charge in [-0.25, -0.2) is 0 Å². The van der Waals surface area contributed by atoms with Gasteiger partial charge in [0.15, 0.2) is 0 Å². The van der Waals surface area contributed by atoms with E-state index in [1.54, 1.807) is 6.07 Å². The van der Waals surface area contributed by atoms with Crippen molar-refractivity contribution < 1.29 is 18.9 Å². The third-order valence-corrected chi connectivity index (χ3v) is 3.01. The van der Waals surface area contributed by atoms with Crippen LogP contribution in [0.3, 0.4) is 0 Å². The summed E-state index contributed by atoms with van der Waals surface area (Å²) in [5, 5.41) is 0. The van der Waals surface area contributed by atoms with Gasteiger partial charge in [0.05, 0.1) is 13.2 Å². The maximum atomic E-state index is 5.63. The Kier molecular flexibility index (Phi) is 11.4. The number of ether oxygens (including phenoxy) is 4. The van der Waals surface area contributed by atoms with Gasteiger partial charge >= 0.3 is 0 Å². The molecule has 0 amide bonds. The van der Waals surface area contributed by atoms with Crippen molar-refractivity contribution in [2.24, 2.45) is 0 Å². The molecule has 0 N–H and O–H groups in total. The fourth-order valence-corrected chi connectivity index (χ4v) is 1.72. The largest absolute Gasteiger partial charge is 0.491 e. The highest BCUT2D eigenvalue weighted by Gasteiger charge is 1.99. The first kappa shape index (κ1) is 18.8. The average Bonchev–Trinajstić information content (AvgIpc) is 2.54. The zero-order valence-corrected chi connectivity index (χ0v) is 13.9. The molecule has 4 heteroatoms. The summed E-state index contributed by atoms with van der Waals surface area (Å²) in [5.74, 6) is 1.46. The molecule has 0 atom stereocenters. The monoisotopic (exact) mass is 309 g/mol. The van der Waals surface area contributed by atoms with Crippen LogP contribution in [0.1, 0.15) is 39.5 Å². The van der Waals surface area contributed by atoms with Crippen LogP contribution in [0.15, 0.2) is 18.2 Å². The lowest BCUT2D eigenvalue weighted by molar-refractivity contribution is 0.0956. The molecule has 0 unspecified atom stereocenters. The maximum absolute atomic E-state index is 5.63. The van der Waals surface area contributed by atoms with E-state index in [4.69, 9.17) is 18.9 Å². The van der Waals surface area contributed by atoms with Crippen LogP contribution >= 0.6 is 0 Å². The minimum absolute atomic E-state index is 0.532. The maximum Gasteiger partial charge on any atom is 0.131 e. The number of hydrogen-bond acceptors (Lipinski definition) is 4. The van der Waals surface area contributed by atoms with Crippen molar-refractivity contribution in [1.29, 1.82) is 0 Å². The number of benzene rings is 1. The Bertz CT molecular complexity index is 337. The van der Waals surface area contributed by atoms with E-state index < -0.39 is 0 Å².